The SMILES string of the molecule is CC(C)S(=O)(=O)c1cc(OC(F)(F)F)cc(C(=O)O)c1. The molecule has 0 aromatic heterocycles. The smallest absolute Gasteiger partial charge is 0.478 e. The van der Waals surface area contributed by atoms with Crippen molar-refractivity contribution in [3.8, 4) is 5.75 Å². The van der Waals surface area contributed by atoms with Crippen LogP contribution >= 0.6 is 0 Å². The fourth-order valence-corrected chi connectivity index (χ4v) is 2.44. The third-order valence-corrected chi connectivity index (χ3v) is 4.44. The molecule has 0 saturated heterocycles. The number of benzene rings is 1. The van der Waals surface area contributed by atoms with E-state index in [0.717, 1.165) is 6.07 Å². The van der Waals surface area contributed by atoms with Gasteiger partial charge in [0.2, 0.25) is 0 Å². The van der Waals surface area contributed by atoms with Crippen LogP contribution in [0.25, 0.3) is 0 Å². The topological polar surface area (TPSA) is 80.7 Å². The van der Waals surface area contributed by atoms with Gasteiger partial charge in [-0.3, -0.25) is 0 Å². The quantitative estimate of drug-likeness (QED) is 0.923. The number of carboxylic acids is 1. The van der Waals surface area contributed by atoms with E-state index in [9.17, 15) is 26.4 Å². The van der Waals surface area contributed by atoms with Crippen LogP contribution in [0.4, 0.5) is 13.2 Å². The van der Waals surface area contributed by atoms with Crippen LogP contribution in [0.3, 0.4) is 0 Å². The number of carboxylic acid groups (broad SMARTS) is 1. The average Bonchev–Trinajstić information content (AvgIpc) is 2.25. The van der Waals surface area contributed by atoms with Crippen molar-refractivity contribution in [3.05, 3.63) is 23.8 Å². The lowest BCUT2D eigenvalue weighted by Gasteiger charge is -2.13. The van der Waals surface area contributed by atoms with Crippen molar-refractivity contribution >= 4 is 15.8 Å². The largest absolute Gasteiger partial charge is 0.573 e. The highest BCUT2D eigenvalue weighted by molar-refractivity contribution is 7.92. The maximum absolute atomic E-state index is 12.1. The summed E-state index contributed by atoms with van der Waals surface area (Å²) in [5.41, 5.74) is -0.606. The van der Waals surface area contributed by atoms with Gasteiger partial charge in [-0.15, -0.1) is 13.2 Å². The molecule has 20 heavy (non-hydrogen) atoms. The highest BCUT2D eigenvalue weighted by Crippen LogP contribution is 2.28. The van der Waals surface area contributed by atoms with Crippen LogP contribution in [0.2, 0.25) is 0 Å². The van der Waals surface area contributed by atoms with Gasteiger partial charge in [0.1, 0.15) is 5.75 Å². The van der Waals surface area contributed by atoms with Gasteiger partial charge < -0.3 is 9.84 Å². The van der Waals surface area contributed by atoms with Crippen LogP contribution in [0.15, 0.2) is 23.1 Å². The second-order valence-electron chi connectivity index (χ2n) is 4.14. The summed E-state index contributed by atoms with van der Waals surface area (Å²) in [5, 5.41) is 7.89. The first-order valence-corrected chi connectivity index (χ1v) is 6.86. The molecule has 1 aromatic rings. The van der Waals surface area contributed by atoms with Crippen molar-refractivity contribution in [1.82, 2.24) is 0 Å². The Morgan fingerprint density at radius 2 is 1.80 bits per heavy atom. The maximum Gasteiger partial charge on any atom is 0.573 e. The van der Waals surface area contributed by atoms with Crippen molar-refractivity contribution in [2.45, 2.75) is 30.4 Å². The van der Waals surface area contributed by atoms with Crippen molar-refractivity contribution in [3.63, 3.8) is 0 Å². The third-order valence-electron chi connectivity index (χ3n) is 2.31. The number of carbonyl (C=O) groups is 1. The molecule has 5 nitrogen and oxygen atoms in total. The molecule has 0 amide bonds. The van der Waals surface area contributed by atoms with E-state index in [4.69, 9.17) is 5.11 Å². The summed E-state index contributed by atoms with van der Waals surface area (Å²) in [5.74, 6) is -2.45. The molecule has 0 bridgehead atoms. The van der Waals surface area contributed by atoms with Gasteiger partial charge in [-0.25, -0.2) is 13.2 Å². The van der Waals surface area contributed by atoms with E-state index in [1.165, 1.54) is 13.8 Å². The van der Waals surface area contributed by atoms with E-state index >= 15 is 0 Å². The third kappa shape index (κ3) is 3.86. The fraction of sp³-hybridized carbons (Fsp3) is 0.364. The number of alkyl halides is 3. The zero-order valence-electron chi connectivity index (χ0n) is 10.4. The van der Waals surface area contributed by atoms with Gasteiger partial charge in [0.05, 0.1) is 15.7 Å². The van der Waals surface area contributed by atoms with Gasteiger partial charge in [0.25, 0.3) is 0 Å². The lowest BCUT2D eigenvalue weighted by atomic mass is 10.2. The van der Waals surface area contributed by atoms with Crippen LogP contribution in [0.5, 0.6) is 5.75 Å². The van der Waals surface area contributed by atoms with Gasteiger partial charge in [-0.05, 0) is 32.0 Å². The van der Waals surface area contributed by atoms with Gasteiger partial charge in [-0.1, -0.05) is 0 Å². The minimum absolute atomic E-state index is 0.536. The van der Waals surface area contributed by atoms with Crippen LogP contribution in [-0.4, -0.2) is 31.1 Å². The summed E-state index contributed by atoms with van der Waals surface area (Å²) in [7, 11) is -3.92. The van der Waals surface area contributed by atoms with Crippen molar-refractivity contribution in [1.29, 1.82) is 0 Å². The molecule has 0 heterocycles. The summed E-state index contributed by atoms with van der Waals surface area (Å²) in [4.78, 5) is 10.3. The number of hydrogen-bond donors (Lipinski definition) is 1. The first kappa shape index (κ1) is 16.3. The molecule has 0 spiro atoms. The Labute approximate surface area is 112 Å². The zero-order valence-corrected chi connectivity index (χ0v) is 11.2. The molecule has 1 aromatic carbocycles. The van der Waals surface area contributed by atoms with Crippen LogP contribution in [0, 0.1) is 0 Å². The zero-order chi connectivity index (χ0) is 15.7. The Hall–Kier alpha value is -1.77. The monoisotopic (exact) mass is 312 g/mol. The van der Waals surface area contributed by atoms with Crippen molar-refractivity contribution < 1.29 is 36.2 Å². The minimum Gasteiger partial charge on any atom is -0.478 e. The molecule has 0 aliphatic carbocycles. The number of rotatable bonds is 4. The molecule has 112 valence electrons. The van der Waals surface area contributed by atoms with E-state index in [-0.39, 0.29) is 0 Å². The Balaban J connectivity index is 3.44. The van der Waals surface area contributed by atoms with Gasteiger partial charge in [0.15, 0.2) is 9.84 Å². The lowest BCUT2D eigenvalue weighted by molar-refractivity contribution is -0.274. The second kappa shape index (κ2) is 5.31. The first-order valence-electron chi connectivity index (χ1n) is 5.31. The average molecular weight is 312 g/mol. The molecule has 0 aliphatic heterocycles. The molecule has 0 aliphatic rings. The Morgan fingerprint density at radius 1 is 1.25 bits per heavy atom. The Morgan fingerprint density at radius 3 is 2.20 bits per heavy atom. The predicted molar refractivity (Wildman–Crippen MR) is 62.4 cm³/mol. The highest BCUT2D eigenvalue weighted by Gasteiger charge is 2.32. The van der Waals surface area contributed by atoms with E-state index < -0.39 is 43.6 Å². The number of aromatic carboxylic acids is 1. The van der Waals surface area contributed by atoms with E-state index in [2.05, 4.69) is 4.74 Å². The first-order chi connectivity index (χ1) is 8.93. The minimum atomic E-state index is -5.05. The Kier molecular flexibility index (Phi) is 4.33. The molecule has 0 fully saturated rings. The maximum atomic E-state index is 12.1. The summed E-state index contributed by atoms with van der Waals surface area (Å²) in [6.45, 7) is 2.65. The molecular weight excluding hydrogens is 301 g/mol. The summed E-state index contributed by atoms with van der Waals surface area (Å²) in [6, 6.07) is 2.05. The molecule has 0 unspecified atom stereocenters. The van der Waals surface area contributed by atoms with Gasteiger partial charge >= 0.3 is 12.3 Å². The molecule has 0 radical (unpaired) electrons. The standard InChI is InChI=1S/C11H11F3O5S/c1-6(2)20(17,18)9-4-7(10(15)16)3-8(5-9)19-11(12,13)14/h3-6H,1-2H3,(H,15,16). The molecule has 1 rings (SSSR count). The summed E-state index contributed by atoms with van der Waals surface area (Å²) in [6.07, 6.45) is -5.05. The van der Waals surface area contributed by atoms with Gasteiger partial charge in [-0.2, -0.15) is 0 Å². The molecular formula is C11H11F3O5S. The molecule has 9 heteroatoms. The van der Waals surface area contributed by atoms with E-state index in [1.807, 2.05) is 0 Å². The number of sulfone groups is 1. The van der Waals surface area contributed by atoms with Crippen molar-refractivity contribution in [2.24, 2.45) is 0 Å². The van der Waals surface area contributed by atoms with Crippen LogP contribution in [-0.2, 0) is 9.84 Å². The summed E-state index contributed by atoms with van der Waals surface area (Å²) >= 11 is 0. The Bertz CT molecular complexity index is 619. The fourth-order valence-electron chi connectivity index (χ4n) is 1.32. The number of hydrogen-bond acceptors (Lipinski definition) is 4. The summed E-state index contributed by atoms with van der Waals surface area (Å²) < 4.78 is 63.8. The van der Waals surface area contributed by atoms with Gasteiger partial charge in [0, 0.05) is 0 Å². The second-order valence-corrected chi connectivity index (χ2v) is 6.64. The lowest BCUT2D eigenvalue weighted by Crippen LogP contribution is -2.19. The number of halogens is 3. The van der Waals surface area contributed by atoms with Crippen LogP contribution in [0.1, 0.15) is 24.2 Å². The normalized spacial score (nSPS) is 12.5. The van der Waals surface area contributed by atoms with Crippen LogP contribution < -0.4 is 4.74 Å². The van der Waals surface area contributed by atoms with E-state index in [1.54, 1.807) is 0 Å². The highest BCUT2D eigenvalue weighted by atomic mass is 32.2. The number of ether oxygens (including phenoxy) is 1. The predicted octanol–water partition coefficient (Wildman–Crippen LogP) is 2.47. The molecule has 0 atom stereocenters. The molecule has 0 saturated carbocycles. The van der Waals surface area contributed by atoms with E-state index in [0.29, 0.717) is 12.1 Å². The van der Waals surface area contributed by atoms with Crippen molar-refractivity contribution in [2.75, 3.05) is 0 Å². The molecule has 1 N–H and O–H groups in total.